The highest BCUT2D eigenvalue weighted by Crippen LogP contribution is 2.31. The molecule has 0 saturated carbocycles. The molecule has 2 heterocycles. The van der Waals surface area contributed by atoms with Gasteiger partial charge in [-0.2, -0.15) is 11.8 Å². The Kier molecular flexibility index (Phi) is 3.34. The number of thioether (sulfide) groups is 1. The van der Waals surface area contributed by atoms with Gasteiger partial charge >= 0.3 is 0 Å². The molecule has 0 bridgehead atoms. The first kappa shape index (κ1) is 10.3. The Bertz CT molecular complexity index is 307. The van der Waals surface area contributed by atoms with Crippen LogP contribution in [0.2, 0.25) is 5.28 Å². The third kappa shape index (κ3) is 1.91. The largest absolute Gasteiger partial charge is 0.298 e. The quantitative estimate of drug-likeness (QED) is 0.801. The predicted molar refractivity (Wildman–Crippen MR) is 60.0 cm³/mol. The molecule has 1 atom stereocenters. The molecule has 1 aliphatic rings. The first-order chi connectivity index (χ1) is 6.83. The van der Waals surface area contributed by atoms with Gasteiger partial charge in [0.15, 0.2) is 0 Å². The van der Waals surface area contributed by atoms with E-state index in [2.05, 4.69) is 21.7 Å². The molecule has 1 aromatic rings. The third-order valence-corrected chi connectivity index (χ3v) is 3.87. The van der Waals surface area contributed by atoms with Gasteiger partial charge in [-0.15, -0.1) is 10.2 Å². The van der Waals surface area contributed by atoms with E-state index in [9.17, 15) is 0 Å². The molecule has 0 N–H and O–H groups in total. The summed E-state index contributed by atoms with van der Waals surface area (Å²) in [4.78, 5) is 0. The van der Waals surface area contributed by atoms with Gasteiger partial charge in [-0.05, 0) is 30.2 Å². The summed E-state index contributed by atoms with van der Waals surface area (Å²) in [7, 11) is 0. The van der Waals surface area contributed by atoms with Crippen LogP contribution in [0.25, 0.3) is 0 Å². The van der Waals surface area contributed by atoms with E-state index in [1.54, 1.807) is 0 Å². The Balaban J connectivity index is 2.24. The zero-order valence-corrected chi connectivity index (χ0v) is 9.81. The van der Waals surface area contributed by atoms with Crippen LogP contribution >= 0.6 is 23.4 Å². The second kappa shape index (κ2) is 4.53. The van der Waals surface area contributed by atoms with E-state index in [1.807, 2.05) is 11.8 Å². The maximum Gasteiger partial charge on any atom is 0.225 e. The summed E-state index contributed by atoms with van der Waals surface area (Å²) in [5.41, 5.74) is 0. The van der Waals surface area contributed by atoms with Crippen molar-refractivity contribution in [1.29, 1.82) is 0 Å². The molecule has 0 amide bonds. The minimum absolute atomic E-state index is 0.518. The van der Waals surface area contributed by atoms with Crippen LogP contribution in [0, 0.1) is 0 Å². The maximum atomic E-state index is 6.04. The summed E-state index contributed by atoms with van der Waals surface area (Å²) >= 11 is 8.02. The molecule has 0 radical (unpaired) electrons. The van der Waals surface area contributed by atoms with Gasteiger partial charge in [-0.3, -0.25) is 4.57 Å². The van der Waals surface area contributed by atoms with Crippen molar-refractivity contribution in [1.82, 2.24) is 14.8 Å². The average Bonchev–Trinajstić information content (AvgIpc) is 2.76. The molecule has 0 spiro atoms. The molecule has 1 aromatic heterocycles. The van der Waals surface area contributed by atoms with E-state index in [-0.39, 0.29) is 0 Å². The van der Waals surface area contributed by atoms with Gasteiger partial charge in [0.2, 0.25) is 5.28 Å². The van der Waals surface area contributed by atoms with Crippen molar-refractivity contribution < 1.29 is 0 Å². The summed E-state index contributed by atoms with van der Waals surface area (Å²) in [6, 6.07) is 0.518. The molecule has 1 unspecified atom stereocenters. The van der Waals surface area contributed by atoms with E-state index < -0.39 is 0 Å². The zero-order chi connectivity index (χ0) is 9.97. The number of hydrogen-bond donors (Lipinski definition) is 0. The van der Waals surface area contributed by atoms with Gasteiger partial charge in [0.1, 0.15) is 5.82 Å². The van der Waals surface area contributed by atoms with Crippen molar-refractivity contribution in [2.45, 2.75) is 32.2 Å². The normalized spacial score (nSPS) is 21.7. The van der Waals surface area contributed by atoms with Crippen LogP contribution in [0.5, 0.6) is 0 Å². The Labute approximate surface area is 93.2 Å². The Hall–Kier alpha value is -0.220. The number of halogens is 1. The Morgan fingerprint density at radius 3 is 3.07 bits per heavy atom. The lowest BCUT2D eigenvalue weighted by Crippen LogP contribution is -2.11. The van der Waals surface area contributed by atoms with Crippen LogP contribution in [0.1, 0.15) is 31.6 Å². The summed E-state index contributed by atoms with van der Waals surface area (Å²) in [5, 5.41) is 8.63. The second-order valence-corrected chi connectivity index (χ2v) is 5.01. The number of aromatic nitrogens is 3. The van der Waals surface area contributed by atoms with Gasteiger partial charge in [0, 0.05) is 18.2 Å². The van der Waals surface area contributed by atoms with E-state index in [1.165, 1.54) is 12.2 Å². The highest BCUT2D eigenvalue weighted by atomic mass is 35.5. The lowest BCUT2D eigenvalue weighted by Gasteiger charge is -2.13. The van der Waals surface area contributed by atoms with Gasteiger partial charge < -0.3 is 0 Å². The van der Waals surface area contributed by atoms with Crippen molar-refractivity contribution in [2.75, 3.05) is 11.5 Å². The summed E-state index contributed by atoms with van der Waals surface area (Å²) in [5.74, 6) is 3.42. The van der Waals surface area contributed by atoms with Crippen LogP contribution < -0.4 is 0 Å². The van der Waals surface area contributed by atoms with Crippen molar-refractivity contribution in [3.8, 4) is 0 Å². The van der Waals surface area contributed by atoms with Crippen LogP contribution in [0.4, 0.5) is 0 Å². The van der Waals surface area contributed by atoms with Gasteiger partial charge in [0.25, 0.3) is 0 Å². The standard InChI is InChI=1S/C9H14ClN3S/c1-2-3-8-11-12-9(10)13(8)7-4-5-14-6-7/h7H,2-6H2,1H3. The number of nitrogens with zero attached hydrogens (tertiary/aromatic N) is 3. The topological polar surface area (TPSA) is 30.7 Å². The smallest absolute Gasteiger partial charge is 0.225 e. The van der Waals surface area contributed by atoms with Crippen molar-refractivity contribution >= 4 is 23.4 Å². The summed E-state index contributed by atoms with van der Waals surface area (Å²) in [6.45, 7) is 2.15. The molecule has 0 aromatic carbocycles. The van der Waals surface area contributed by atoms with E-state index in [0.29, 0.717) is 11.3 Å². The molecule has 3 nitrogen and oxygen atoms in total. The second-order valence-electron chi connectivity index (χ2n) is 3.52. The fourth-order valence-corrected chi connectivity index (χ4v) is 3.25. The lowest BCUT2D eigenvalue weighted by molar-refractivity contribution is 0.532. The molecular weight excluding hydrogens is 218 g/mol. The van der Waals surface area contributed by atoms with Gasteiger partial charge in [-0.1, -0.05) is 6.92 Å². The van der Waals surface area contributed by atoms with Gasteiger partial charge in [-0.25, -0.2) is 0 Å². The van der Waals surface area contributed by atoms with Crippen LogP contribution in [0.15, 0.2) is 0 Å². The number of rotatable bonds is 3. The minimum atomic E-state index is 0.518. The van der Waals surface area contributed by atoms with Crippen LogP contribution in [-0.4, -0.2) is 26.3 Å². The lowest BCUT2D eigenvalue weighted by atomic mass is 10.2. The predicted octanol–water partition coefficient (Wildman–Crippen LogP) is 2.56. The molecule has 1 fully saturated rings. The van der Waals surface area contributed by atoms with Crippen molar-refractivity contribution in [3.05, 3.63) is 11.1 Å². The highest BCUT2D eigenvalue weighted by molar-refractivity contribution is 7.99. The third-order valence-electron chi connectivity index (χ3n) is 2.47. The van der Waals surface area contributed by atoms with E-state index in [4.69, 9.17) is 11.6 Å². The van der Waals surface area contributed by atoms with Crippen LogP contribution in [-0.2, 0) is 6.42 Å². The zero-order valence-electron chi connectivity index (χ0n) is 8.24. The SMILES string of the molecule is CCCc1nnc(Cl)n1C1CCSC1. The monoisotopic (exact) mass is 231 g/mol. The summed E-state index contributed by atoms with van der Waals surface area (Å²) in [6.07, 6.45) is 3.26. The fourth-order valence-electron chi connectivity index (χ4n) is 1.78. The summed E-state index contributed by atoms with van der Waals surface area (Å²) < 4.78 is 2.12. The maximum absolute atomic E-state index is 6.04. The Morgan fingerprint density at radius 1 is 1.57 bits per heavy atom. The first-order valence-electron chi connectivity index (χ1n) is 5.00. The average molecular weight is 232 g/mol. The minimum Gasteiger partial charge on any atom is -0.298 e. The molecule has 5 heteroatoms. The number of aryl methyl sites for hydroxylation is 1. The molecule has 0 aliphatic carbocycles. The van der Waals surface area contributed by atoms with E-state index >= 15 is 0 Å². The van der Waals surface area contributed by atoms with E-state index in [0.717, 1.165) is 24.4 Å². The Morgan fingerprint density at radius 2 is 2.43 bits per heavy atom. The van der Waals surface area contributed by atoms with Crippen molar-refractivity contribution in [2.24, 2.45) is 0 Å². The molecule has 2 rings (SSSR count). The number of hydrogen-bond acceptors (Lipinski definition) is 3. The molecule has 1 saturated heterocycles. The van der Waals surface area contributed by atoms with Crippen molar-refractivity contribution in [3.63, 3.8) is 0 Å². The molecule has 1 aliphatic heterocycles. The molecular formula is C9H14ClN3S. The first-order valence-corrected chi connectivity index (χ1v) is 6.53. The highest BCUT2D eigenvalue weighted by Gasteiger charge is 2.22. The molecule has 14 heavy (non-hydrogen) atoms. The fraction of sp³-hybridized carbons (Fsp3) is 0.778. The van der Waals surface area contributed by atoms with Gasteiger partial charge in [0.05, 0.1) is 0 Å². The van der Waals surface area contributed by atoms with Crippen LogP contribution in [0.3, 0.4) is 0 Å². The molecule has 78 valence electrons.